The Hall–Kier alpha value is -1.52. The molecule has 0 amide bonds. The van der Waals surface area contributed by atoms with Crippen molar-refractivity contribution in [1.82, 2.24) is 10.3 Å². The monoisotopic (exact) mass is 286 g/mol. The van der Waals surface area contributed by atoms with E-state index in [1.165, 1.54) is 16.0 Å². The molecule has 0 fully saturated rings. The summed E-state index contributed by atoms with van der Waals surface area (Å²) in [4.78, 5) is 5.47. The molecule has 0 aliphatic carbocycles. The van der Waals surface area contributed by atoms with Crippen molar-refractivity contribution < 1.29 is 4.74 Å². The molecule has 0 saturated carbocycles. The lowest BCUT2D eigenvalue weighted by atomic mass is 10.00. The van der Waals surface area contributed by atoms with Crippen LogP contribution in [0.3, 0.4) is 0 Å². The molecule has 0 radical (unpaired) electrons. The van der Waals surface area contributed by atoms with Gasteiger partial charge in [-0.1, -0.05) is 12.1 Å². The fourth-order valence-corrected chi connectivity index (χ4v) is 3.58. The summed E-state index contributed by atoms with van der Waals surface area (Å²) in [5.41, 5.74) is 2.45. The molecule has 1 aromatic heterocycles. The second-order valence-corrected chi connectivity index (χ2v) is 5.97. The van der Waals surface area contributed by atoms with Crippen LogP contribution in [-0.2, 0) is 0 Å². The number of aromatic nitrogens is 1. The number of benzene rings is 1. The summed E-state index contributed by atoms with van der Waals surface area (Å²) in [6.07, 6.45) is 3.88. The zero-order valence-corrected chi connectivity index (χ0v) is 12.5. The quantitative estimate of drug-likeness (QED) is 0.939. The SMILES string of the molecule is CNC(c1cnccc1C)C1CSc2ccccc2O1. The molecule has 104 valence electrons. The van der Waals surface area contributed by atoms with Crippen LogP contribution < -0.4 is 10.1 Å². The smallest absolute Gasteiger partial charge is 0.133 e. The number of nitrogens with zero attached hydrogens (tertiary/aromatic N) is 1. The van der Waals surface area contributed by atoms with Gasteiger partial charge in [0.1, 0.15) is 11.9 Å². The molecule has 1 aliphatic heterocycles. The molecule has 2 aromatic rings. The number of hydrogen-bond acceptors (Lipinski definition) is 4. The van der Waals surface area contributed by atoms with E-state index in [0.29, 0.717) is 0 Å². The highest BCUT2D eigenvalue weighted by Gasteiger charge is 2.29. The van der Waals surface area contributed by atoms with Crippen molar-refractivity contribution in [2.75, 3.05) is 12.8 Å². The van der Waals surface area contributed by atoms with Crippen molar-refractivity contribution >= 4 is 11.8 Å². The predicted molar refractivity (Wildman–Crippen MR) is 82.4 cm³/mol. The number of likely N-dealkylation sites (N-methyl/N-ethyl adjacent to an activating group) is 1. The molecule has 3 nitrogen and oxygen atoms in total. The van der Waals surface area contributed by atoms with Crippen molar-refractivity contribution in [3.63, 3.8) is 0 Å². The first-order valence-corrected chi connectivity index (χ1v) is 7.74. The van der Waals surface area contributed by atoms with Gasteiger partial charge >= 0.3 is 0 Å². The van der Waals surface area contributed by atoms with Crippen molar-refractivity contribution in [2.45, 2.75) is 24.0 Å². The lowest BCUT2D eigenvalue weighted by Gasteiger charge is -2.32. The van der Waals surface area contributed by atoms with Gasteiger partial charge in [0, 0.05) is 23.0 Å². The van der Waals surface area contributed by atoms with Crippen LogP contribution >= 0.6 is 11.8 Å². The van der Waals surface area contributed by atoms with Gasteiger partial charge < -0.3 is 10.1 Å². The van der Waals surface area contributed by atoms with E-state index in [1.807, 2.05) is 49.4 Å². The standard InChI is InChI=1S/C16H18N2OS/c1-11-7-8-18-9-12(11)16(17-2)14-10-20-15-6-4-3-5-13(15)19-14/h3-9,14,16-17H,10H2,1-2H3. The number of fused-ring (bicyclic) bond motifs is 1. The van der Waals surface area contributed by atoms with Gasteiger partial charge in [-0.05, 0) is 43.3 Å². The average molecular weight is 286 g/mol. The maximum Gasteiger partial charge on any atom is 0.133 e. The van der Waals surface area contributed by atoms with E-state index in [4.69, 9.17) is 4.74 Å². The third kappa shape index (κ3) is 2.53. The third-order valence-corrected chi connectivity index (χ3v) is 4.77. The Morgan fingerprint density at radius 3 is 3.00 bits per heavy atom. The molecule has 4 heteroatoms. The number of nitrogens with one attached hydrogen (secondary N) is 1. The van der Waals surface area contributed by atoms with Crippen LogP contribution in [0.5, 0.6) is 5.75 Å². The topological polar surface area (TPSA) is 34.2 Å². The summed E-state index contributed by atoms with van der Waals surface area (Å²) in [6, 6.07) is 10.4. The summed E-state index contributed by atoms with van der Waals surface area (Å²) in [7, 11) is 1.98. The van der Waals surface area contributed by atoms with Gasteiger partial charge in [-0.25, -0.2) is 0 Å². The van der Waals surface area contributed by atoms with Gasteiger partial charge in [0.25, 0.3) is 0 Å². The Kier molecular flexibility index (Phi) is 3.94. The van der Waals surface area contributed by atoms with Crippen LogP contribution in [-0.4, -0.2) is 23.9 Å². The van der Waals surface area contributed by atoms with E-state index >= 15 is 0 Å². The molecule has 20 heavy (non-hydrogen) atoms. The van der Waals surface area contributed by atoms with Crippen LogP contribution in [0.4, 0.5) is 0 Å². The molecule has 0 spiro atoms. The second kappa shape index (κ2) is 5.85. The molecular formula is C16H18N2OS. The van der Waals surface area contributed by atoms with Crippen molar-refractivity contribution in [1.29, 1.82) is 0 Å². The Labute approximate surface area is 123 Å². The first-order valence-electron chi connectivity index (χ1n) is 6.76. The highest BCUT2D eigenvalue weighted by Crippen LogP contribution is 2.38. The molecule has 2 unspecified atom stereocenters. The van der Waals surface area contributed by atoms with E-state index in [9.17, 15) is 0 Å². The lowest BCUT2D eigenvalue weighted by molar-refractivity contribution is 0.170. The van der Waals surface area contributed by atoms with Crippen LogP contribution in [0.2, 0.25) is 0 Å². The zero-order valence-electron chi connectivity index (χ0n) is 11.7. The van der Waals surface area contributed by atoms with E-state index in [2.05, 4.69) is 29.4 Å². The number of thioether (sulfide) groups is 1. The maximum absolute atomic E-state index is 6.18. The highest BCUT2D eigenvalue weighted by atomic mass is 32.2. The molecule has 3 rings (SSSR count). The molecule has 1 aliphatic rings. The largest absolute Gasteiger partial charge is 0.486 e. The van der Waals surface area contributed by atoms with E-state index in [-0.39, 0.29) is 12.1 Å². The highest BCUT2D eigenvalue weighted by molar-refractivity contribution is 7.99. The van der Waals surface area contributed by atoms with Crippen LogP contribution in [0.1, 0.15) is 17.2 Å². The van der Waals surface area contributed by atoms with Crippen molar-refractivity contribution in [2.24, 2.45) is 0 Å². The minimum atomic E-state index is 0.114. The Morgan fingerprint density at radius 1 is 1.35 bits per heavy atom. The Balaban J connectivity index is 1.87. The van der Waals surface area contributed by atoms with Crippen molar-refractivity contribution in [3.8, 4) is 5.75 Å². The average Bonchev–Trinajstić information content (AvgIpc) is 2.50. The number of pyridine rings is 1. The molecular weight excluding hydrogens is 268 g/mol. The second-order valence-electron chi connectivity index (χ2n) is 4.91. The molecule has 0 bridgehead atoms. The lowest BCUT2D eigenvalue weighted by Crippen LogP contribution is -2.37. The van der Waals surface area contributed by atoms with Gasteiger partial charge in [0.15, 0.2) is 0 Å². The van der Waals surface area contributed by atoms with Gasteiger partial charge in [-0.3, -0.25) is 4.98 Å². The Morgan fingerprint density at radius 2 is 2.20 bits per heavy atom. The fourth-order valence-electron chi connectivity index (χ4n) is 2.54. The first kappa shape index (κ1) is 13.5. The number of ether oxygens (including phenoxy) is 1. The zero-order chi connectivity index (χ0) is 13.9. The first-order chi connectivity index (χ1) is 9.79. The summed E-state index contributed by atoms with van der Waals surface area (Å²) >= 11 is 1.86. The van der Waals surface area contributed by atoms with Gasteiger partial charge in [-0.15, -0.1) is 11.8 Å². The normalized spacial score (nSPS) is 19.0. The van der Waals surface area contributed by atoms with Crippen LogP contribution in [0.25, 0.3) is 0 Å². The maximum atomic E-state index is 6.18. The van der Waals surface area contributed by atoms with E-state index in [1.54, 1.807) is 0 Å². The number of rotatable bonds is 3. The third-order valence-electron chi connectivity index (χ3n) is 3.63. The molecule has 1 aromatic carbocycles. The van der Waals surface area contributed by atoms with Crippen LogP contribution in [0, 0.1) is 6.92 Å². The van der Waals surface area contributed by atoms with Gasteiger partial charge in [0.2, 0.25) is 0 Å². The molecule has 2 atom stereocenters. The minimum absolute atomic E-state index is 0.114. The molecule has 0 saturated heterocycles. The Bertz CT molecular complexity index is 603. The number of hydrogen-bond donors (Lipinski definition) is 1. The fraction of sp³-hybridized carbons (Fsp3) is 0.312. The molecule has 1 N–H and O–H groups in total. The summed E-state index contributed by atoms with van der Waals surface area (Å²) in [6.45, 7) is 2.12. The van der Waals surface area contributed by atoms with E-state index < -0.39 is 0 Å². The van der Waals surface area contributed by atoms with Crippen LogP contribution in [0.15, 0.2) is 47.6 Å². The predicted octanol–water partition coefficient (Wildman–Crippen LogP) is 3.20. The van der Waals surface area contributed by atoms with E-state index in [0.717, 1.165) is 11.5 Å². The van der Waals surface area contributed by atoms with Crippen molar-refractivity contribution in [3.05, 3.63) is 53.9 Å². The summed E-state index contributed by atoms with van der Waals surface area (Å²) in [5, 5.41) is 3.38. The number of aryl methyl sites for hydroxylation is 1. The number of para-hydroxylation sites is 1. The minimum Gasteiger partial charge on any atom is -0.486 e. The van der Waals surface area contributed by atoms with Gasteiger partial charge in [0.05, 0.1) is 6.04 Å². The summed E-state index contributed by atoms with van der Waals surface area (Å²) < 4.78 is 6.18. The molecule has 2 heterocycles. The summed E-state index contributed by atoms with van der Waals surface area (Å²) in [5.74, 6) is 1.92. The van der Waals surface area contributed by atoms with Gasteiger partial charge in [-0.2, -0.15) is 0 Å².